The number of benzene rings is 2. The maximum Gasteiger partial charge on any atom is 0.262 e. The molecule has 0 saturated carbocycles. The first kappa shape index (κ1) is 17.2. The number of aromatic nitrogens is 2. The normalized spacial score (nSPS) is 15.8. The molecule has 2 heterocycles. The zero-order valence-corrected chi connectivity index (χ0v) is 15.6. The third-order valence-corrected chi connectivity index (χ3v) is 6.20. The van der Waals surface area contributed by atoms with Gasteiger partial charge in [0, 0.05) is 29.7 Å². The SMILES string of the molecule is O=C(NCc1ccccc1)c1ccc2c(=O)n3c(nc2c1)SC(CS)C3. The van der Waals surface area contributed by atoms with E-state index in [1.54, 1.807) is 34.5 Å². The molecule has 1 atom stereocenters. The smallest absolute Gasteiger partial charge is 0.262 e. The van der Waals surface area contributed by atoms with Crippen LogP contribution < -0.4 is 10.9 Å². The van der Waals surface area contributed by atoms with Crippen LogP contribution in [0.3, 0.4) is 0 Å². The van der Waals surface area contributed by atoms with Crippen LogP contribution in [0, 0.1) is 0 Å². The fourth-order valence-corrected chi connectivity index (χ4v) is 4.33. The highest BCUT2D eigenvalue weighted by molar-refractivity contribution is 8.00. The number of rotatable bonds is 4. The van der Waals surface area contributed by atoms with Crippen LogP contribution in [0.1, 0.15) is 15.9 Å². The second-order valence-electron chi connectivity index (χ2n) is 6.13. The molecule has 3 aromatic rings. The molecule has 1 N–H and O–H groups in total. The zero-order valence-electron chi connectivity index (χ0n) is 13.9. The van der Waals surface area contributed by atoms with E-state index in [2.05, 4.69) is 22.9 Å². The number of carbonyl (C=O) groups is 1. The van der Waals surface area contributed by atoms with Gasteiger partial charge in [0.25, 0.3) is 11.5 Å². The van der Waals surface area contributed by atoms with Crippen LogP contribution in [0.2, 0.25) is 0 Å². The highest BCUT2D eigenvalue weighted by atomic mass is 32.2. The lowest BCUT2D eigenvalue weighted by Crippen LogP contribution is -2.24. The maximum absolute atomic E-state index is 12.7. The van der Waals surface area contributed by atoms with Gasteiger partial charge in [0.05, 0.1) is 10.9 Å². The summed E-state index contributed by atoms with van der Waals surface area (Å²) in [5, 5.41) is 4.38. The monoisotopic (exact) mass is 383 g/mol. The molecular weight excluding hydrogens is 366 g/mol. The summed E-state index contributed by atoms with van der Waals surface area (Å²) in [7, 11) is 0. The van der Waals surface area contributed by atoms with E-state index in [0.29, 0.717) is 40.5 Å². The van der Waals surface area contributed by atoms with Gasteiger partial charge in [-0.1, -0.05) is 42.1 Å². The lowest BCUT2D eigenvalue weighted by Gasteiger charge is -2.08. The Balaban J connectivity index is 1.61. The molecule has 26 heavy (non-hydrogen) atoms. The summed E-state index contributed by atoms with van der Waals surface area (Å²) in [5.74, 6) is 0.510. The highest BCUT2D eigenvalue weighted by Gasteiger charge is 2.24. The van der Waals surface area contributed by atoms with Crippen molar-refractivity contribution >= 4 is 41.2 Å². The maximum atomic E-state index is 12.7. The van der Waals surface area contributed by atoms with Crippen molar-refractivity contribution in [2.45, 2.75) is 23.5 Å². The van der Waals surface area contributed by atoms with Crippen molar-refractivity contribution in [2.75, 3.05) is 5.75 Å². The summed E-state index contributed by atoms with van der Waals surface area (Å²) < 4.78 is 1.70. The summed E-state index contributed by atoms with van der Waals surface area (Å²) in [6.07, 6.45) is 0. The Kier molecular flexibility index (Phi) is 4.74. The average molecular weight is 383 g/mol. The summed E-state index contributed by atoms with van der Waals surface area (Å²) in [6, 6.07) is 14.8. The van der Waals surface area contributed by atoms with Crippen LogP contribution in [0.5, 0.6) is 0 Å². The number of hydrogen-bond acceptors (Lipinski definition) is 5. The summed E-state index contributed by atoms with van der Waals surface area (Å²) >= 11 is 5.88. The van der Waals surface area contributed by atoms with Crippen molar-refractivity contribution in [3.8, 4) is 0 Å². The molecule has 0 bridgehead atoms. The molecule has 0 saturated heterocycles. The first-order valence-electron chi connectivity index (χ1n) is 8.30. The summed E-state index contributed by atoms with van der Waals surface area (Å²) in [6.45, 7) is 1.09. The lowest BCUT2D eigenvalue weighted by atomic mass is 10.1. The number of thioether (sulfide) groups is 1. The highest BCUT2D eigenvalue weighted by Crippen LogP contribution is 2.30. The largest absolute Gasteiger partial charge is 0.348 e. The minimum Gasteiger partial charge on any atom is -0.348 e. The predicted octanol–water partition coefficient (Wildman–Crippen LogP) is 2.73. The molecule has 1 aliphatic rings. The molecule has 1 aliphatic heterocycles. The molecule has 132 valence electrons. The van der Waals surface area contributed by atoms with Crippen molar-refractivity contribution in [1.82, 2.24) is 14.9 Å². The van der Waals surface area contributed by atoms with Gasteiger partial charge in [-0.25, -0.2) is 4.98 Å². The number of nitrogens with one attached hydrogen (secondary N) is 1. The van der Waals surface area contributed by atoms with E-state index in [4.69, 9.17) is 0 Å². The van der Waals surface area contributed by atoms with Crippen molar-refractivity contribution in [3.05, 3.63) is 70.0 Å². The lowest BCUT2D eigenvalue weighted by molar-refractivity contribution is 0.0951. The fraction of sp³-hybridized carbons (Fsp3) is 0.211. The van der Waals surface area contributed by atoms with Gasteiger partial charge in [-0.15, -0.1) is 0 Å². The van der Waals surface area contributed by atoms with Gasteiger partial charge < -0.3 is 5.32 Å². The van der Waals surface area contributed by atoms with Crippen LogP contribution in [-0.2, 0) is 13.1 Å². The van der Waals surface area contributed by atoms with E-state index in [1.165, 1.54) is 0 Å². The summed E-state index contributed by atoms with van der Waals surface area (Å²) in [4.78, 5) is 29.7. The molecule has 1 amide bonds. The Bertz CT molecular complexity index is 1030. The Morgan fingerprint density at radius 1 is 1.27 bits per heavy atom. The van der Waals surface area contributed by atoms with E-state index in [9.17, 15) is 9.59 Å². The number of amides is 1. The Hall–Kier alpha value is -2.25. The Labute approximate surface area is 160 Å². The molecule has 5 nitrogen and oxygen atoms in total. The van der Waals surface area contributed by atoms with Gasteiger partial charge in [0.1, 0.15) is 0 Å². The molecule has 2 aromatic carbocycles. The molecule has 0 radical (unpaired) electrons. The Morgan fingerprint density at radius 3 is 2.85 bits per heavy atom. The van der Waals surface area contributed by atoms with E-state index >= 15 is 0 Å². The van der Waals surface area contributed by atoms with E-state index in [0.717, 1.165) is 5.56 Å². The van der Waals surface area contributed by atoms with E-state index in [1.807, 2.05) is 30.3 Å². The van der Waals surface area contributed by atoms with Crippen molar-refractivity contribution in [2.24, 2.45) is 0 Å². The number of carbonyl (C=O) groups excluding carboxylic acids is 1. The molecule has 0 spiro atoms. The number of thiol groups is 1. The molecule has 0 aliphatic carbocycles. The van der Waals surface area contributed by atoms with Crippen molar-refractivity contribution in [3.63, 3.8) is 0 Å². The molecule has 0 fully saturated rings. The van der Waals surface area contributed by atoms with Crippen LogP contribution in [0.25, 0.3) is 10.9 Å². The molecular formula is C19H17N3O2S2. The first-order chi connectivity index (χ1) is 12.7. The van der Waals surface area contributed by atoms with Gasteiger partial charge in [0.15, 0.2) is 5.16 Å². The molecule has 1 aromatic heterocycles. The van der Waals surface area contributed by atoms with Gasteiger partial charge in [-0.2, -0.15) is 12.6 Å². The molecule has 4 rings (SSSR count). The van der Waals surface area contributed by atoms with Gasteiger partial charge in [0.2, 0.25) is 0 Å². The van der Waals surface area contributed by atoms with Crippen LogP contribution >= 0.6 is 24.4 Å². The minimum absolute atomic E-state index is 0.0574. The van der Waals surface area contributed by atoms with Gasteiger partial charge in [-0.3, -0.25) is 14.2 Å². The number of nitrogens with zero attached hydrogens (tertiary/aromatic N) is 2. The topological polar surface area (TPSA) is 64.0 Å². The van der Waals surface area contributed by atoms with E-state index < -0.39 is 0 Å². The summed E-state index contributed by atoms with van der Waals surface area (Å²) in [5.41, 5.74) is 2.03. The minimum atomic E-state index is -0.181. The second kappa shape index (κ2) is 7.17. The van der Waals surface area contributed by atoms with Gasteiger partial charge in [-0.05, 0) is 23.8 Å². The zero-order chi connectivity index (χ0) is 18.1. The average Bonchev–Trinajstić information content (AvgIpc) is 3.10. The van der Waals surface area contributed by atoms with Crippen LogP contribution in [0.15, 0.2) is 58.5 Å². The van der Waals surface area contributed by atoms with Crippen molar-refractivity contribution in [1.29, 1.82) is 0 Å². The quantitative estimate of drug-likeness (QED) is 0.537. The second-order valence-corrected chi connectivity index (χ2v) is 7.77. The number of hydrogen-bond donors (Lipinski definition) is 2. The van der Waals surface area contributed by atoms with Gasteiger partial charge >= 0.3 is 0 Å². The number of fused-ring (bicyclic) bond motifs is 2. The van der Waals surface area contributed by atoms with Crippen LogP contribution in [-0.4, -0.2) is 26.5 Å². The van der Waals surface area contributed by atoms with Crippen molar-refractivity contribution < 1.29 is 4.79 Å². The molecule has 1 unspecified atom stereocenters. The fourth-order valence-electron chi connectivity index (χ4n) is 2.96. The first-order valence-corrected chi connectivity index (χ1v) is 9.81. The standard InChI is InChI=1S/C19H17N3O2S2/c23-17(20-9-12-4-2-1-3-5-12)13-6-7-15-16(8-13)21-19-22(18(15)24)10-14(11-25)26-19/h1-8,14,25H,9-11H2,(H,20,23). The third kappa shape index (κ3) is 3.24. The third-order valence-electron chi connectivity index (χ3n) is 4.34. The Morgan fingerprint density at radius 2 is 2.08 bits per heavy atom. The molecule has 7 heteroatoms. The van der Waals surface area contributed by atoms with Crippen LogP contribution in [0.4, 0.5) is 0 Å². The van der Waals surface area contributed by atoms with E-state index in [-0.39, 0.29) is 16.7 Å². The predicted molar refractivity (Wildman–Crippen MR) is 107 cm³/mol.